The molecule has 0 bridgehead atoms. The smallest absolute Gasteiger partial charge is 0.336 e. The summed E-state index contributed by atoms with van der Waals surface area (Å²) < 4.78 is 46.2. The topological polar surface area (TPSA) is 123 Å². The summed E-state index contributed by atoms with van der Waals surface area (Å²) in [6, 6.07) is 6.53. The van der Waals surface area contributed by atoms with Gasteiger partial charge in [-0.15, -0.1) is 0 Å². The molecule has 0 amide bonds. The van der Waals surface area contributed by atoms with Crippen molar-refractivity contribution in [2.24, 2.45) is 5.11 Å². The van der Waals surface area contributed by atoms with Gasteiger partial charge in [-0.2, -0.15) is 0 Å². The molecule has 1 N–H and O–H groups in total. The van der Waals surface area contributed by atoms with Crippen LogP contribution in [0.15, 0.2) is 51.9 Å². The van der Waals surface area contributed by atoms with E-state index in [1.807, 2.05) is 0 Å². The van der Waals surface area contributed by atoms with Gasteiger partial charge in [0.25, 0.3) is 0 Å². The van der Waals surface area contributed by atoms with E-state index < -0.39 is 37.5 Å². The van der Waals surface area contributed by atoms with Gasteiger partial charge < -0.3 is 19.5 Å². The predicted molar refractivity (Wildman–Crippen MR) is 111 cm³/mol. The second-order valence-corrected chi connectivity index (χ2v) is 6.32. The number of nitrogens with one attached hydrogen (secondary N) is 1. The summed E-state index contributed by atoms with van der Waals surface area (Å²) in [5, 5.41) is 5.90. The molecule has 0 saturated heterocycles. The quantitative estimate of drug-likeness (QED) is 0.272. The number of carbonyl (C=O) groups is 2. The van der Waals surface area contributed by atoms with Crippen LogP contribution in [0.1, 0.15) is 30.8 Å². The third-order valence-electron chi connectivity index (χ3n) is 4.19. The highest BCUT2D eigenvalue weighted by Crippen LogP contribution is 2.41. The average Bonchev–Trinajstić information content (AvgIpc) is 2.77. The number of allylic oxidation sites excluding steroid dienone is 1. The SMILES string of the molecule is [2H]C([2H])(N=[N+]=[N-])C([2H])([2H])OCC1=C(C(=O)OCC)C(c2ccccc2Cl)C(C(=O)OC)=C(C)N1. The van der Waals surface area contributed by atoms with E-state index in [0.717, 1.165) is 0 Å². The molecule has 1 aliphatic rings. The molecule has 0 saturated carbocycles. The molecular formula is C20H23ClN4O5. The number of ether oxygens (including phenoxy) is 3. The molecule has 1 aromatic rings. The van der Waals surface area contributed by atoms with E-state index >= 15 is 0 Å². The maximum absolute atomic E-state index is 13.1. The van der Waals surface area contributed by atoms with Crippen molar-refractivity contribution in [3.63, 3.8) is 0 Å². The minimum atomic E-state index is -3.06. The summed E-state index contributed by atoms with van der Waals surface area (Å²) in [5.41, 5.74) is 9.19. The highest BCUT2D eigenvalue weighted by Gasteiger charge is 2.39. The van der Waals surface area contributed by atoms with Crippen LogP contribution >= 0.6 is 11.6 Å². The van der Waals surface area contributed by atoms with Crippen LogP contribution in [0.2, 0.25) is 5.02 Å². The molecule has 160 valence electrons. The first-order chi connectivity index (χ1) is 15.9. The lowest BCUT2D eigenvalue weighted by molar-refractivity contribution is -0.139. The van der Waals surface area contributed by atoms with Crippen molar-refractivity contribution < 1.29 is 29.3 Å². The number of esters is 2. The summed E-state index contributed by atoms with van der Waals surface area (Å²) in [6.07, 6.45) is 0. The van der Waals surface area contributed by atoms with E-state index in [9.17, 15) is 9.59 Å². The third-order valence-corrected chi connectivity index (χ3v) is 4.53. The third kappa shape index (κ3) is 5.33. The van der Waals surface area contributed by atoms with Gasteiger partial charge in [0, 0.05) is 24.9 Å². The zero-order valence-electron chi connectivity index (χ0n) is 20.6. The van der Waals surface area contributed by atoms with Crippen LogP contribution in [0, 0.1) is 0 Å². The number of azide groups is 1. The Kier molecular flexibility index (Phi) is 6.69. The van der Waals surface area contributed by atoms with Crippen molar-refractivity contribution in [3.05, 3.63) is 67.8 Å². The minimum Gasteiger partial charge on any atom is -0.466 e. The molecule has 1 aliphatic heterocycles. The maximum Gasteiger partial charge on any atom is 0.336 e. The summed E-state index contributed by atoms with van der Waals surface area (Å²) in [4.78, 5) is 28.1. The van der Waals surface area contributed by atoms with Crippen molar-refractivity contribution in [2.75, 3.05) is 33.4 Å². The fourth-order valence-corrected chi connectivity index (χ4v) is 3.29. The molecule has 10 heteroatoms. The molecule has 30 heavy (non-hydrogen) atoms. The highest BCUT2D eigenvalue weighted by atomic mass is 35.5. The van der Waals surface area contributed by atoms with E-state index in [0.29, 0.717) is 5.56 Å². The van der Waals surface area contributed by atoms with Crippen molar-refractivity contribution in [2.45, 2.75) is 19.8 Å². The molecule has 1 unspecified atom stereocenters. The van der Waals surface area contributed by atoms with Crippen LogP contribution in [-0.2, 0) is 23.8 Å². The van der Waals surface area contributed by atoms with Gasteiger partial charge >= 0.3 is 11.9 Å². The normalized spacial score (nSPS) is 18.9. The van der Waals surface area contributed by atoms with Crippen LogP contribution in [0.4, 0.5) is 0 Å². The van der Waals surface area contributed by atoms with Gasteiger partial charge in [-0.3, -0.25) is 0 Å². The van der Waals surface area contributed by atoms with Gasteiger partial charge in [-0.1, -0.05) is 34.9 Å². The Hall–Kier alpha value is -3.00. The predicted octanol–water partition coefficient (Wildman–Crippen LogP) is 3.62. The molecule has 1 atom stereocenters. The molecule has 9 nitrogen and oxygen atoms in total. The summed E-state index contributed by atoms with van der Waals surface area (Å²) in [5.74, 6) is -2.61. The Morgan fingerprint density at radius 2 is 2.07 bits per heavy atom. The second-order valence-electron chi connectivity index (χ2n) is 5.91. The zero-order valence-corrected chi connectivity index (χ0v) is 17.3. The first-order valence-corrected chi connectivity index (χ1v) is 9.20. The van der Waals surface area contributed by atoms with Crippen molar-refractivity contribution in [1.82, 2.24) is 5.32 Å². The molecular weight excluding hydrogens is 412 g/mol. The van der Waals surface area contributed by atoms with E-state index in [2.05, 4.69) is 15.3 Å². The van der Waals surface area contributed by atoms with Gasteiger partial charge in [-0.05, 0) is 31.0 Å². The van der Waals surface area contributed by atoms with Crippen molar-refractivity contribution in [3.8, 4) is 0 Å². The van der Waals surface area contributed by atoms with E-state index in [1.54, 1.807) is 38.1 Å². The summed E-state index contributed by atoms with van der Waals surface area (Å²) >= 11 is 6.40. The molecule has 0 radical (unpaired) electrons. The number of benzene rings is 1. The zero-order chi connectivity index (χ0) is 25.7. The number of carbonyl (C=O) groups excluding carboxylic acids is 2. The van der Waals surface area contributed by atoms with Gasteiger partial charge in [0.05, 0.1) is 52.4 Å². The van der Waals surface area contributed by atoms with Crippen LogP contribution in [0.25, 0.3) is 10.4 Å². The van der Waals surface area contributed by atoms with Gasteiger partial charge in [0.15, 0.2) is 0 Å². The molecule has 1 aromatic carbocycles. The number of rotatable bonds is 9. The number of dihydropyridines is 1. The van der Waals surface area contributed by atoms with Crippen molar-refractivity contribution >= 4 is 23.5 Å². The van der Waals surface area contributed by atoms with Crippen LogP contribution in [0.3, 0.4) is 0 Å². The van der Waals surface area contributed by atoms with E-state index in [-0.39, 0.29) is 34.2 Å². The lowest BCUT2D eigenvalue weighted by Crippen LogP contribution is -2.35. The van der Waals surface area contributed by atoms with Crippen LogP contribution < -0.4 is 5.32 Å². The summed E-state index contributed by atoms with van der Waals surface area (Å²) in [6.45, 7) is -3.63. The number of methoxy groups -OCH3 is 1. The van der Waals surface area contributed by atoms with Crippen LogP contribution in [-0.4, -0.2) is 45.3 Å². The first-order valence-electron chi connectivity index (χ1n) is 10.8. The first kappa shape index (κ1) is 17.8. The Morgan fingerprint density at radius 1 is 1.33 bits per heavy atom. The van der Waals surface area contributed by atoms with Crippen molar-refractivity contribution in [1.29, 1.82) is 0 Å². The van der Waals surface area contributed by atoms with Gasteiger partial charge in [0.2, 0.25) is 0 Å². The van der Waals surface area contributed by atoms with E-state index in [1.165, 1.54) is 7.11 Å². The lowest BCUT2D eigenvalue weighted by Gasteiger charge is -2.31. The number of hydrogen-bond acceptors (Lipinski definition) is 7. The summed E-state index contributed by atoms with van der Waals surface area (Å²) in [7, 11) is 1.19. The standard InChI is InChI=1S/C20H23ClN4O5/c1-4-30-20(27)18-15(11-29-10-9-23-25-22)24-12(2)16(19(26)28-3)17(18)13-7-5-6-8-14(13)21/h5-8,17,24H,4,9-11H2,1-3H3/i9D2,10D2. The number of nitrogens with zero attached hydrogens (tertiary/aromatic N) is 3. The molecule has 0 aliphatic carbocycles. The van der Waals surface area contributed by atoms with Gasteiger partial charge in [0.1, 0.15) is 0 Å². The molecule has 0 aromatic heterocycles. The second kappa shape index (κ2) is 11.3. The maximum atomic E-state index is 13.1. The lowest BCUT2D eigenvalue weighted by atomic mass is 9.80. The number of hydrogen-bond donors (Lipinski definition) is 1. The molecule has 1 heterocycles. The van der Waals surface area contributed by atoms with Crippen LogP contribution in [0.5, 0.6) is 0 Å². The Balaban J connectivity index is 2.69. The Morgan fingerprint density at radius 3 is 2.70 bits per heavy atom. The molecule has 0 fully saturated rings. The fourth-order valence-electron chi connectivity index (χ4n) is 3.04. The monoisotopic (exact) mass is 438 g/mol. The largest absolute Gasteiger partial charge is 0.466 e. The Bertz CT molecular complexity index is 1090. The minimum absolute atomic E-state index is 0.00221. The Labute approximate surface area is 184 Å². The average molecular weight is 439 g/mol. The number of halogens is 1. The molecule has 0 spiro atoms. The fraction of sp³-hybridized carbons (Fsp3) is 0.400. The molecule has 2 rings (SSSR count). The highest BCUT2D eigenvalue weighted by molar-refractivity contribution is 6.31. The van der Waals surface area contributed by atoms with Gasteiger partial charge in [-0.25, -0.2) is 9.59 Å². The van der Waals surface area contributed by atoms with E-state index in [4.69, 9.17) is 36.8 Å².